The first kappa shape index (κ1) is 12.5. The Balaban J connectivity index is 2.90. The molecular formula is C12H17NO3. The molecule has 0 aromatic heterocycles. The fourth-order valence-electron chi connectivity index (χ4n) is 1.86. The van der Waals surface area contributed by atoms with Crippen LogP contribution in [0.3, 0.4) is 0 Å². The zero-order valence-corrected chi connectivity index (χ0v) is 9.55. The summed E-state index contributed by atoms with van der Waals surface area (Å²) in [6, 6.07) is 6.96. The Morgan fingerprint density at radius 1 is 1.44 bits per heavy atom. The Bertz CT molecular complexity index is 365. The van der Waals surface area contributed by atoms with Crippen LogP contribution in [0, 0.1) is 0 Å². The lowest BCUT2D eigenvalue weighted by molar-refractivity contribution is -0.138. The van der Waals surface area contributed by atoms with Crippen molar-refractivity contribution in [2.75, 3.05) is 13.6 Å². The number of para-hydroxylation sites is 1. The van der Waals surface area contributed by atoms with Crippen molar-refractivity contribution in [1.29, 1.82) is 0 Å². The van der Waals surface area contributed by atoms with Gasteiger partial charge in [0.25, 0.3) is 0 Å². The van der Waals surface area contributed by atoms with Gasteiger partial charge in [-0.2, -0.15) is 0 Å². The molecule has 0 aliphatic carbocycles. The van der Waals surface area contributed by atoms with Gasteiger partial charge in [0.1, 0.15) is 5.75 Å². The smallest absolute Gasteiger partial charge is 0.317 e. The van der Waals surface area contributed by atoms with E-state index in [0.29, 0.717) is 0 Å². The van der Waals surface area contributed by atoms with E-state index in [9.17, 15) is 9.90 Å². The van der Waals surface area contributed by atoms with E-state index in [2.05, 4.69) is 0 Å². The third-order valence-corrected chi connectivity index (χ3v) is 2.60. The molecular weight excluding hydrogens is 206 g/mol. The van der Waals surface area contributed by atoms with Gasteiger partial charge in [-0.1, -0.05) is 25.1 Å². The molecule has 16 heavy (non-hydrogen) atoms. The lowest BCUT2D eigenvalue weighted by atomic mass is 10.0. The second kappa shape index (κ2) is 5.51. The first-order valence-electron chi connectivity index (χ1n) is 5.26. The number of hydrogen-bond donors (Lipinski definition) is 2. The molecule has 0 spiro atoms. The van der Waals surface area contributed by atoms with Gasteiger partial charge >= 0.3 is 5.97 Å². The number of nitrogens with zero attached hydrogens (tertiary/aromatic N) is 1. The van der Waals surface area contributed by atoms with Gasteiger partial charge in [-0.3, -0.25) is 9.69 Å². The van der Waals surface area contributed by atoms with E-state index in [1.165, 1.54) is 0 Å². The van der Waals surface area contributed by atoms with E-state index >= 15 is 0 Å². The summed E-state index contributed by atoms with van der Waals surface area (Å²) in [5, 5.41) is 18.5. The summed E-state index contributed by atoms with van der Waals surface area (Å²) in [5.41, 5.74) is 0.772. The van der Waals surface area contributed by atoms with Crippen LogP contribution >= 0.6 is 0 Å². The van der Waals surface area contributed by atoms with Gasteiger partial charge in [-0.25, -0.2) is 0 Å². The zero-order valence-electron chi connectivity index (χ0n) is 9.55. The van der Waals surface area contributed by atoms with Crippen molar-refractivity contribution < 1.29 is 15.0 Å². The Morgan fingerprint density at radius 3 is 2.56 bits per heavy atom. The molecule has 0 fully saturated rings. The molecule has 0 amide bonds. The van der Waals surface area contributed by atoms with Gasteiger partial charge in [0, 0.05) is 11.6 Å². The highest BCUT2D eigenvalue weighted by Gasteiger charge is 2.19. The maximum absolute atomic E-state index is 10.6. The summed E-state index contributed by atoms with van der Waals surface area (Å²) in [5.74, 6) is -0.650. The Labute approximate surface area is 95.1 Å². The Kier molecular flexibility index (Phi) is 4.31. The fraction of sp³-hybridized carbons (Fsp3) is 0.417. The SMILES string of the molecule is CCC(c1ccccc1O)N(C)CC(=O)O. The van der Waals surface area contributed by atoms with E-state index in [1.54, 1.807) is 24.1 Å². The van der Waals surface area contributed by atoms with Crippen molar-refractivity contribution >= 4 is 5.97 Å². The van der Waals surface area contributed by atoms with Gasteiger partial charge < -0.3 is 10.2 Å². The molecule has 0 heterocycles. The number of likely N-dealkylation sites (N-methyl/N-ethyl adjacent to an activating group) is 1. The summed E-state index contributed by atoms with van der Waals surface area (Å²) < 4.78 is 0. The van der Waals surface area contributed by atoms with Gasteiger partial charge in [0.2, 0.25) is 0 Å². The number of carbonyl (C=O) groups is 1. The van der Waals surface area contributed by atoms with Crippen molar-refractivity contribution in [2.45, 2.75) is 19.4 Å². The molecule has 0 radical (unpaired) electrons. The van der Waals surface area contributed by atoms with E-state index in [1.807, 2.05) is 19.1 Å². The normalized spacial score (nSPS) is 12.7. The van der Waals surface area contributed by atoms with Crippen LogP contribution in [-0.2, 0) is 4.79 Å². The van der Waals surface area contributed by atoms with Crippen LogP contribution in [0.5, 0.6) is 5.75 Å². The summed E-state index contributed by atoms with van der Waals surface area (Å²) in [6.07, 6.45) is 0.751. The molecule has 0 saturated carbocycles. The van der Waals surface area contributed by atoms with Crippen molar-refractivity contribution in [3.8, 4) is 5.75 Å². The van der Waals surface area contributed by atoms with Crippen LogP contribution in [0.15, 0.2) is 24.3 Å². The van der Waals surface area contributed by atoms with Gasteiger partial charge in [-0.05, 0) is 19.5 Å². The lowest BCUT2D eigenvalue weighted by Crippen LogP contribution is -2.29. The van der Waals surface area contributed by atoms with Gasteiger partial charge in [0.05, 0.1) is 6.54 Å². The van der Waals surface area contributed by atoms with Gasteiger partial charge in [-0.15, -0.1) is 0 Å². The number of hydrogen-bond acceptors (Lipinski definition) is 3. The minimum absolute atomic E-state index is 0.0349. The number of aliphatic carboxylic acids is 1. The highest BCUT2D eigenvalue weighted by molar-refractivity contribution is 5.69. The number of rotatable bonds is 5. The maximum Gasteiger partial charge on any atom is 0.317 e. The topological polar surface area (TPSA) is 60.8 Å². The zero-order chi connectivity index (χ0) is 12.1. The Hall–Kier alpha value is -1.55. The van der Waals surface area contributed by atoms with E-state index < -0.39 is 5.97 Å². The number of benzene rings is 1. The second-order valence-electron chi connectivity index (χ2n) is 3.79. The molecule has 1 aromatic carbocycles. The molecule has 0 bridgehead atoms. The Morgan fingerprint density at radius 2 is 2.06 bits per heavy atom. The minimum Gasteiger partial charge on any atom is -0.508 e. The number of phenolic OH excluding ortho intramolecular Hbond substituents is 1. The number of carboxylic acids is 1. The molecule has 1 unspecified atom stereocenters. The molecule has 4 heteroatoms. The third kappa shape index (κ3) is 2.97. The molecule has 1 atom stereocenters. The molecule has 1 aromatic rings. The average molecular weight is 223 g/mol. The maximum atomic E-state index is 10.6. The third-order valence-electron chi connectivity index (χ3n) is 2.60. The minimum atomic E-state index is -0.864. The van der Waals surface area contributed by atoms with Crippen LogP contribution in [0.2, 0.25) is 0 Å². The standard InChI is InChI=1S/C12H17NO3/c1-3-10(13(2)8-12(15)16)9-6-4-5-7-11(9)14/h4-7,10,14H,3,8H2,1-2H3,(H,15,16). The number of aromatic hydroxyl groups is 1. The van der Waals surface area contributed by atoms with E-state index in [-0.39, 0.29) is 18.3 Å². The molecule has 0 saturated heterocycles. The van der Waals surface area contributed by atoms with Crippen molar-refractivity contribution in [1.82, 2.24) is 4.90 Å². The van der Waals surface area contributed by atoms with E-state index in [0.717, 1.165) is 12.0 Å². The van der Waals surface area contributed by atoms with Crippen LogP contribution < -0.4 is 0 Å². The predicted molar refractivity (Wildman–Crippen MR) is 61.4 cm³/mol. The molecule has 1 rings (SSSR count). The predicted octanol–water partition coefficient (Wildman–Crippen LogP) is 1.86. The molecule has 2 N–H and O–H groups in total. The number of carboxylic acid groups (broad SMARTS) is 1. The van der Waals surface area contributed by atoms with Gasteiger partial charge in [0.15, 0.2) is 0 Å². The molecule has 0 aliphatic heterocycles. The largest absolute Gasteiger partial charge is 0.508 e. The highest BCUT2D eigenvalue weighted by atomic mass is 16.4. The first-order chi connectivity index (χ1) is 7.56. The quantitative estimate of drug-likeness (QED) is 0.799. The second-order valence-corrected chi connectivity index (χ2v) is 3.79. The average Bonchev–Trinajstić information content (AvgIpc) is 2.20. The van der Waals surface area contributed by atoms with Crippen LogP contribution in [0.4, 0.5) is 0 Å². The van der Waals surface area contributed by atoms with Crippen molar-refractivity contribution in [3.05, 3.63) is 29.8 Å². The highest BCUT2D eigenvalue weighted by Crippen LogP contribution is 2.29. The van der Waals surface area contributed by atoms with Crippen LogP contribution in [-0.4, -0.2) is 34.7 Å². The van der Waals surface area contributed by atoms with Crippen molar-refractivity contribution in [3.63, 3.8) is 0 Å². The first-order valence-corrected chi connectivity index (χ1v) is 5.26. The van der Waals surface area contributed by atoms with Crippen LogP contribution in [0.25, 0.3) is 0 Å². The van der Waals surface area contributed by atoms with Crippen LogP contribution in [0.1, 0.15) is 24.9 Å². The summed E-state index contributed by atoms with van der Waals surface area (Å²) >= 11 is 0. The summed E-state index contributed by atoms with van der Waals surface area (Å²) in [6.45, 7) is 1.93. The monoisotopic (exact) mass is 223 g/mol. The summed E-state index contributed by atoms with van der Waals surface area (Å²) in [7, 11) is 1.74. The molecule has 4 nitrogen and oxygen atoms in total. The van der Waals surface area contributed by atoms with Crippen molar-refractivity contribution in [2.24, 2.45) is 0 Å². The number of phenols is 1. The van der Waals surface area contributed by atoms with E-state index in [4.69, 9.17) is 5.11 Å². The fourth-order valence-corrected chi connectivity index (χ4v) is 1.86. The molecule has 88 valence electrons. The molecule has 0 aliphatic rings. The summed E-state index contributed by atoms with van der Waals surface area (Å²) in [4.78, 5) is 12.4. The lowest BCUT2D eigenvalue weighted by Gasteiger charge is -2.26.